The molecule has 1 saturated carbocycles. The number of nitrogens with one attached hydrogen (secondary N) is 1. The van der Waals surface area contributed by atoms with Crippen LogP contribution in [0.3, 0.4) is 0 Å². The SMILES string of the molecule is CC(O)(C(=O)NCC1(C)CCCCC1O)c1ccccc1C(F)(F)F. The Kier molecular flexibility index (Phi) is 5.49. The lowest BCUT2D eigenvalue weighted by Crippen LogP contribution is -2.50. The third kappa shape index (κ3) is 4.15. The minimum atomic E-state index is -4.67. The Morgan fingerprint density at radius 2 is 1.88 bits per heavy atom. The van der Waals surface area contributed by atoms with Crippen LogP contribution in [0.5, 0.6) is 0 Å². The zero-order chi connectivity index (χ0) is 18.9. The van der Waals surface area contributed by atoms with Gasteiger partial charge >= 0.3 is 6.18 Å². The molecule has 3 atom stereocenters. The highest BCUT2D eigenvalue weighted by Gasteiger charge is 2.43. The van der Waals surface area contributed by atoms with E-state index in [2.05, 4.69) is 5.32 Å². The Hall–Kier alpha value is -1.60. The fourth-order valence-electron chi connectivity index (χ4n) is 3.32. The van der Waals surface area contributed by atoms with E-state index >= 15 is 0 Å². The molecule has 1 fully saturated rings. The quantitative estimate of drug-likeness (QED) is 0.774. The van der Waals surface area contributed by atoms with E-state index in [1.165, 1.54) is 12.1 Å². The summed E-state index contributed by atoms with van der Waals surface area (Å²) in [5, 5.41) is 23.2. The number of halogens is 3. The molecule has 1 aliphatic rings. The van der Waals surface area contributed by atoms with Gasteiger partial charge in [-0.05, 0) is 25.8 Å². The molecular formula is C18H24F3NO3. The number of benzene rings is 1. The maximum atomic E-state index is 13.2. The Morgan fingerprint density at radius 1 is 1.28 bits per heavy atom. The van der Waals surface area contributed by atoms with E-state index in [0.29, 0.717) is 12.8 Å². The summed E-state index contributed by atoms with van der Waals surface area (Å²) < 4.78 is 39.5. The normalized spacial score (nSPS) is 26.8. The van der Waals surface area contributed by atoms with Gasteiger partial charge in [0.1, 0.15) is 0 Å². The first-order chi connectivity index (χ1) is 11.5. The first-order valence-corrected chi connectivity index (χ1v) is 8.34. The molecule has 0 aromatic heterocycles. The second kappa shape index (κ2) is 6.96. The second-order valence-corrected chi connectivity index (χ2v) is 7.21. The van der Waals surface area contributed by atoms with Gasteiger partial charge in [-0.25, -0.2) is 0 Å². The highest BCUT2D eigenvalue weighted by atomic mass is 19.4. The number of carbonyl (C=O) groups excluding carboxylic acids is 1. The molecule has 0 bridgehead atoms. The van der Waals surface area contributed by atoms with Crippen molar-refractivity contribution in [2.24, 2.45) is 5.41 Å². The summed E-state index contributed by atoms with van der Waals surface area (Å²) in [5.41, 5.74) is -4.41. The molecule has 0 saturated heterocycles. The first kappa shape index (κ1) is 19.7. The molecule has 4 nitrogen and oxygen atoms in total. The van der Waals surface area contributed by atoms with E-state index in [0.717, 1.165) is 31.9 Å². The maximum absolute atomic E-state index is 13.2. The minimum absolute atomic E-state index is 0.0946. The van der Waals surface area contributed by atoms with Crippen molar-refractivity contribution in [1.29, 1.82) is 0 Å². The first-order valence-electron chi connectivity index (χ1n) is 8.34. The number of alkyl halides is 3. The fraction of sp³-hybridized carbons (Fsp3) is 0.611. The van der Waals surface area contributed by atoms with Crippen LogP contribution in [0.15, 0.2) is 24.3 Å². The molecule has 0 aliphatic heterocycles. The van der Waals surface area contributed by atoms with Crippen molar-refractivity contribution >= 4 is 5.91 Å². The Bertz CT molecular complexity index is 630. The number of hydrogen-bond acceptors (Lipinski definition) is 3. The molecule has 1 aromatic rings. The summed E-state index contributed by atoms with van der Waals surface area (Å²) >= 11 is 0. The second-order valence-electron chi connectivity index (χ2n) is 7.21. The van der Waals surface area contributed by atoms with Crippen molar-refractivity contribution in [2.75, 3.05) is 6.54 Å². The molecule has 2 rings (SSSR count). The summed E-state index contributed by atoms with van der Waals surface area (Å²) in [6.45, 7) is 2.97. The summed E-state index contributed by atoms with van der Waals surface area (Å²) in [4.78, 5) is 12.4. The number of aliphatic hydroxyl groups excluding tert-OH is 1. The van der Waals surface area contributed by atoms with Gasteiger partial charge in [-0.2, -0.15) is 13.2 Å². The van der Waals surface area contributed by atoms with Gasteiger partial charge in [-0.3, -0.25) is 4.79 Å². The molecule has 3 N–H and O–H groups in total. The van der Waals surface area contributed by atoms with E-state index < -0.39 is 40.3 Å². The monoisotopic (exact) mass is 359 g/mol. The molecule has 3 unspecified atom stereocenters. The number of aliphatic hydroxyl groups is 2. The minimum Gasteiger partial charge on any atom is -0.392 e. The highest BCUT2D eigenvalue weighted by Crippen LogP contribution is 2.38. The topological polar surface area (TPSA) is 69.6 Å². The van der Waals surface area contributed by atoms with E-state index in [1.54, 1.807) is 0 Å². The Morgan fingerprint density at radius 3 is 2.44 bits per heavy atom. The molecule has 1 amide bonds. The van der Waals surface area contributed by atoms with Crippen molar-refractivity contribution in [1.82, 2.24) is 5.32 Å². The van der Waals surface area contributed by atoms with Gasteiger partial charge in [0, 0.05) is 17.5 Å². The van der Waals surface area contributed by atoms with E-state index in [1.807, 2.05) is 6.92 Å². The summed E-state index contributed by atoms with van der Waals surface area (Å²) in [5.74, 6) is -0.914. The number of hydrogen-bond donors (Lipinski definition) is 3. The number of carbonyl (C=O) groups is 1. The summed E-state index contributed by atoms with van der Waals surface area (Å²) in [6, 6.07) is 4.49. The van der Waals surface area contributed by atoms with E-state index in [4.69, 9.17) is 0 Å². The van der Waals surface area contributed by atoms with Crippen molar-refractivity contribution < 1.29 is 28.2 Å². The van der Waals surface area contributed by atoms with Gasteiger partial charge in [0.05, 0.1) is 11.7 Å². The van der Waals surface area contributed by atoms with Crippen LogP contribution in [0.2, 0.25) is 0 Å². The van der Waals surface area contributed by atoms with Crippen LogP contribution in [0, 0.1) is 5.41 Å². The predicted octanol–water partition coefficient (Wildman–Crippen LogP) is 2.97. The lowest BCUT2D eigenvalue weighted by Gasteiger charge is -2.39. The van der Waals surface area contributed by atoms with Gasteiger partial charge in [0.15, 0.2) is 5.60 Å². The van der Waals surface area contributed by atoms with Gasteiger partial charge in [-0.1, -0.05) is 38.0 Å². The number of rotatable bonds is 4. The van der Waals surface area contributed by atoms with E-state index in [9.17, 15) is 28.2 Å². The third-order valence-corrected chi connectivity index (χ3v) is 5.13. The molecular weight excluding hydrogens is 335 g/mol. The van der Waals surface area contributed by atoms with Crippen molar-refractivity contribution in [3.63, 3.8) is 0 Å². The smallest absolute Gasteiger partial charge is 0.392 e. The van der Waals surface area contributed by atoms with E-state index in [-0.39, 0.29) is 6.54 Å². The van der Waals surface area contributed by atoms with Gasteiger partial charge in [-0.15, -0.1) is 0 Å². The highest BCUT2D eigenvalue weighted by molar-refractivity contribution is 5.86. The molecule has 0 heterocycles. The fourth-order valence-corrected chi connectivity index (χ4v) is 3.32. The van der Waals surface area contributed by atoms with Crippen LogP contribution >= 0.6 is 0 Å². The molecule has 0 spiro atoms. The summed E-state index contributed by atoms with van der Waals surface area (Å²) in [7, 11) is 0. The van der Waals surface area contributed by atoms with Crippen LogP contribution in [-0.2, 0) is 16.6 Å². The van der Waals surface area contributed by atoms with Crippen LogP contribution in [0.4, 0.5) is 13.2 Å². The van der Waals surface area contributed by atoms with Crippen molar-refractivity contribution in [2.45, 2.75) is 57.4 Å². The zero-order valence-electron chi connectivity index (χ0n) is 14.4. The molecule has 0 radical (unpaired) electrons. The average molecular weight is 359 g/mol. The predicted molar refractivity (Wildman–Crippen MR) is 86.6 cm³/mol. The van der Waals surface area contributed by atoms with Crippen LogP contribution < -0.4 is 5.32 Å². The molecule has 25 heavy (non-hydrogen) atoms. The van der Waals surface area contributed by atoms with Crippen molar-refractivity contribution in [3.8, 4) is 0 Å². The zero-order valence-corrected chi connectivity index (χ0v) is 14.4. The largest absolute Gasteiger partial charge is 0.416 e. The van der Waals surface area contributed by atoms with Gasteiger partial charge in [0.25, 0.3) is 5.91 Å². The molecule has 1 aliphatic carbocycles. The third-order valence-electron chi connectivity index (χ3n) is 5.13. The standard InChI is InChI=1S/C18H24F3NO3/c1-16(10-6-5-9-14(16)23)11-22-15(24)17(2,25)12-7-3-4-8-13(12)18(19,20)21/h3-4,7-8,14,23,25H,5-6,9-11H2,1-2H3,(H,22,24). The van der Waals surface area contributed by atoms with Crippen LogP contribution in [0.1, 0.15) is 50.7 Å². The van der Waals surface area contributed by atoms with Gasteiger partial charge in [0.2, 0.25) is 0 Å². The van der Waals surface area contributed by atoms with Crippen LogP contribution in [0.25, 0.3) is 0 Å². The van der Waals surface area contributed by atoms with Crippen molar-refractivity contribution in [3.05, 3.63) is 35.4 Å². The Balaban J connectivity index is 2.18. The molecule has 140 valence electrons. The average Bonchev–Trinajstić information content (AvgIpc) is 2.55. The lowest BCUT2D eigenvalue weighted by atomic mass is 9.73. The molecule has 7 heteroatoms. The lowest BCUT2D eigenvalue weighted by molar-refractivity contribution is -0.146. The number of amides is 1. The summed E-state index contributed by atoms with van der Waals surface area (Å²) in [6.07, 6.45) is -2.12. The van der Waals surface area contributed by atoms with Crippen LogP contribution in [-0.4, -0.2) is 28.8 Å². The molecule has 1 aromatic carbocycles. The maximum Gasteiger partial charge on any atom is 0.416 e. The Labute approximate surface area is 145 Å². The van der Waals surface area contributed by atoms with Gasteiger partial charge < -0.3 is 15.5 Å².